The first kappa shape index (κ1) is 21.7. The van der Waals surface area contributed by atoms with Crippen LogP contribution in [0.4, 0.5) is 0 Å². The van der Waals surface area contributed by atoms with Gasteiger partial charge in [-0.1, -0.05) is 6.92 Å². The lowest BCUT2D eigenvalue weighted by atomic mass is 10.1. The van der Waals surface area contributed by atoms with E-state index in [1.165, 1.54) is 12.1 Å². The van der Waals surface area contributed by atoms with Crippen molar-refractivity contribution >= 4 is 28.8 Å². The first-order valence-electron chi connectivity index (χ1n) is 9.07. The fraction of sp³-hybridized carbons (Fsp3) is 0.368. The van der Waals surface area contributed by atoms with Crippen LogP contribution in [-0.2, 0) is 16.0 Å². The summed E-state index contributed by atoms with van der Waals surface area (Å²) < 4.78 is 10.6. The maximum absolute atomic E-state index is 12.0. The second kappa shape index (κ2) is 10.1. The Kier molecular flexibility index (Phi) is 7.58. The third-order valence-electron chi connectivity index (χ3n) is 4.13. The van der Waals surface area contributed by atoms with Crippen molar-refractivity contribution in [2.24, 2.45) is 16.5 Å². The number of rotatable bonds is 10. The molecule has 0 spiro atoms. The van der Waals surface area contributed by atoms with Gasteiger partial charge in [0.1, 0.15) is 17.4 Å². The minimum Gasteiger partial charge on any atom is -0.484 e. The van der Waals surface area contributed by atoms with Crippen LogP contribution in [0.15, 0.2) is 38.5 Å². The van der Waals surface area contributed by atoms with Gasteiger partial charge in [-0.3, -0.25) is 9.79 Å². The molecule has 0 bridgehead atoms. The molecule has 1 heterocycles. The van der Waals surface area contributed by atoms with Gasteiger partial charge in [0.2, 0.25) is 0 Å². The van der Waals surface area contributed by atoms with E-state index in [0.717, 1.165) is 10.9 Å². The SMILES string of the molecule is CCc1cc(=O)oc2cc(OCC(=O)N[C@@H](CCCN=C(N)N)C(=O)O)ccc12. The molecular formula is C19H24N4O6. The molecule has 2 rings (SSSR count). The molecule has 0 saturated carbocycles. The molecule has 0 saturated heterocycles. The Bertz CT molecular complexity index is 965. The number of aryl methyl sites for hydroxylation is 1. The standard InChI is InChI=1S/C19H24N4O6/c1-2-11-8-17(25)29-15-9-12(5-6-13(11)15)28-10-16(24)23-14(18(26)27)4-3-7-22-19(20)21/h5-6,8-9,14H,2-4,7,10H2,1H3,(H,23,24)(H,26,27)(H4,20,21,22)/t14-/m0/s1. The summed E-state index contributed by atoms with van der Waals surface area (Å²) in [6, 6.07) is 5.28. The second-order valence-corrected chi connectivity index (χ2v) is 6.30. The van der Waals surface area contributed by atoms with Gasteiger partial charge in [-0.2, -0.15) is 0 Å². The van der Waals surface area contributed by atoms with Crippen LogP contribution in [0.25, 0.3) is 11.0 Å². The van der Waals surface area contributed by atoms with Crippen LogP contribution >= 0.6 is 0 Å². The number of amides is 1. The van der Waals surface area contributed by atoms with Crippen molar-refractivity contribution in [1.29, 1.82) is 0 Å². The van der Waals surface area contributed by atoms with E-state index in [4.69, 9.17) is 20.6 Å². The predicted molar refractivity (Wildman–Crippen MR) is 107 cm³/mol. The van der Waals surface area contributed by atoms with Crippen LogP contribution in [0, 0.1) is 0 Å². The van der Waals surface area contributed by atoms with Crippen LogP contribution in [0.5, 0.6) is 5.75 Å². The molecule has 1 atom stereocenters. The number of nitrogens with zero attached hydrogens (tertiary/aromatic N) is 1. The van der Waals surface area contributed by atoms with E-state index in [0.29, 0.717) is 24.2 Å². The van der Waals surface area contributed by atoms with E-state index in [1.54, 1.807) is 12.1 Å². The van der Waals surface area contributed by atoms with Crippen molar-refractivity contribution in [1.82, 2.24) is 5.32 Å². The summed E-state index contributed by atoms with van der Waals surface area (Å²) in [7, 11) is 0. The maximum atomic E-state index is 12.0. The van der Waals surface area contributed by atoms with Gasteiger partial charge in [-0.15, -0.1) is 0 Å². The average molecular weight is 404 g/mol. The Labute approximate surface area is 166 Å². The topological polar surface area (TPSA) is 170 Å². The van der Waals surface area contributed by atoms with Crippen molar-refractivity contribution in [3.05, 3.63) is 40.2 Å². The fourth-order valence-electron chi connectivity index (χ4n) is 2.74. The first-order valence-corrected chi connectivity index (χ1v) is 9.07. The van der Waals surface area contributed by atoms with Gasteiger partial charge in [-0.05, 0) is 37.0 Å². The second-order valence-electron chi connectivity index (χ2n) is 6.30. The molecule has 10 heteroatoms. The summed E-state index contributed by atoms with van der Waals surface area (Å²) in [5.41, 5.74) is 11.2. The maximum Gasteiger partial charge on any atom is 0.336 e. The number of carboxylic acid groups (broad SMARTS) is 1. The van der Waals surface area contributed by atoms with Crippen molar-refractivity contribution in [2.75, 3.05) is 13.2 Å². The highest BCUT2D eigenvalue weighted by Crippen LogP contribution is 2.23. The summed E-state index contributed by atoms with van der Waals surface area (Å²) in [5.74, 6) is -1.51. The Morgan fingerprint density at radius 1 is 1.31 bits per heavy atom. The van der Waals surface area contributed by atoms with E-state index in [-0.39, 0.29) is 25.5 Å². The molecular weight excluding hydrogens is 380 g/mol. The molecule has 6 N–H and O–H groups in total. The lowest BCUT2D eigenvalue weighted by molar-refractivity contribution is -0.142. The lowest BCUT2D eigenvalue weighted by Gasteiger charge is -2.14. The van der Waals surface area contributed by atoms with Crippen molar-refractivity contribution in [3.8, 4) is 5.75 Å². The number of carbonyl (C=O) groups excluding carboxylic acids is 1. The molecule has 0 aliphatic heterocycles. The molecule has 0 radical (unpaired) electrons. The average Bonchev–Trinajstić information content (AvgIpc) is 2.67. The Hall–Kier alpha value is -3.56. The van der Waals surface area contributed by atoms with E-state index >= 15 is 0 Å². The Morgan fingerprint density at radius 3 is 2.72 bits per heavy atom. The predicted octanol–water partition coefficient (Wildman–Crippen LogP) is 0.357. The number of hydrogen-bond acceptors (Lipinski definition) is 6. The zero-order valence-corrected chi connectivity index (χ0v) is 16.0. The summed E-state index contributed by atoms with van der Waals surface area (Å²) in [5, 5.41) is 12.4. The Morgan fingerprint density at radius 2 is 2.07 bits per heavy atom. The van der Waals surface area contributed by atoms with Gasteiger partial charge in [-0.25, -0.2) is 9.59 Å². The zero-order valence-electron chi connectivity index (χ0n) is 16.0. The molecule has 1 aromatic carbocycles. The van der Waals surface area contributed by atoms with E-state index in [1.807, 2.05) is 6.92 Å². The van der Waals surface area contributed by atoms with Crippen LogP contribution in [0.3, 0.4) is 0 Å². The van der Waals surface area contributed by atoms with Crippen molar-refractivity contribution < 1.29 is 23.8 Å². The third-order valence-corrected chi connectivity index (χ3v) is 4.13. The van der Waals surface area contributed by atoms with Gasteiger partial charge in [0.05, 0.1) is 0 Å². The van der Waals surface area contributed by atoms with Crippen LogP contribution in [0.2, 0.25) is 0 Å². The lowest BCUT2D eigenvalue weighted by Crippen LogP contribution is -2.43. The highest BCUT2D eigenvalue weighted by atomic mass is 16.5. The number of nitrogens with one attached hydrogen (secondary N) is 1. The number of guanidine groups is 1. The van der Waals surface area contributed by atoms with Crippen molar-refractivity contribution in [2.45, 2.75) is 32.2 Å². The number of carbonyl (C=O) groups is 2. The highest BCUT2D eigenvalue weighted by molar-refractivity contribution is 5.85. The molecule has 1 amide bonds. The molecule has 0 aliphatic rings. The van der Waals surface area contributed by atoms with E-state index in [2.05, 4.69) is 10.3 Å². The number of nitrogens with two attached hydrogens (primary N) is 2. The smallest absolute Gasteiger partial charge is 0.336 e. The number of benzene rings is 1. The van der Waals surface area contributed by atoms with Crippen LogP contribution in [0.1, 0.15) is 25.3 Å². The number of fused-ring (bicyclic) bond motifs is 1. The first-order chi connectivity index (χ1) is 13.8. The molecule has 1 aromatic heterocycles. The van der Waals surface area contributed by atoms with Gasteiger partial charge in [0.15, 0.2) is 12.6 Å². The van der Waals surface area contributed by atoms with E-state index in [9.17, 15) is 19.5 Å². The largest absolute Gasteiger partial charge is 0.484 e. The molecule has 156 valence electrons. The summed E-state index contributed by atoms with van der Waals surface area (Å²) in [4.78, 5) is 38.7. The number of hydrogen-bond donors (Lipinski definition) is 4. The van der Waals surface area contributed by atoms with Crippen molar-refractivity contribution in [3.63, 3.8) is 0 Å². The minimum atomic E-state index is -1.16. The van der Waals surface area contributed by atoms with Gasteiger partial charge in [0, 0.05) is 24.1 Å². The summed E-state index contributed by atoms with van der Waals surface area (Å²) in [6.45, 7) is 1.81. The Balaban J connectivity index is 1.95. The molecule has 0 fully saturated rings. The number of ether oxygens (including phenoxy) is 1. The molecule has 2 aromatic rings. The van der Waals surface area contributed by atoms with Crippen LogP contribution < -0.4 is 27.1 Å². The van der Waals surface area contributed by atoms with Crippen LogP contribution in [-0.4, -0.2) is 42.1 Å². The molecule has 29 heavy (non-hydrogen) atoms. The molecule has 0 aliphatic carbocycles. The monoisotopic (exact) mass is 404 g/mol. The number of carboxylic acids is 1. The van der Waals surface area contributed by atoms with Gasteiger partial charge >= 0.3 is 11.6 Å². The summed E-state index contributed by atoms with van der Waals surface area (Å²) >= 11 is 0. The minimum absolute atomic E-state index is 0.0772. The third kappa shape index (κ3) is 6.52. The fourth-order valence-corrected chi connectivity index (χ4v) is 2.74. The van der Waals surface area contributed by atoms with Gasteiger partial charge < -0.3 is 31.0 Å². The molecule has 10 nitrogen and oxygen atoms in total. The van der Waals surface area contributed by atoms with Gasteiger partial charge in [0.25, 0.3) is 5.91 Å². The zero-order chi connectivity index (χ0) is 21.4. The highest BCUT2D eigenvalue weighted by Gasteiger charge is 2.19. The number of aliphatic imine (C=N–C) groups is 1. The molecule has 0 unspecified atom stereocenters. The quantitative estimate of drug-likeness (QED) is 0.190. The summed E-state index contributed by atoms with van der Waals surface area (Å²) in [6.07, 6.45) is 1.22. The number of aliphatic carboxylic acids is 1. The normalized spacial score (nSPS) is 11.6. The van der Waals surface area contributed by atoms with E-state index < -0.39 is 23.5 Å².